The highest BCUT2D eigenvalue weighted by molar-refractivity contribution is 5.52. The number of aromatic nitrogens is 1. The molecule has 0 spiro atoms. The predicted molar refractivity (Wildman–Crippen MR) is 30.4 cm³/mol. The van der Waals surface area contributed by atoms with Crippen molar-refractivity contribution >= 4 is 6.41 Å². The number of nitrogens with zero attached hydrogens (tertiary/aromatic N) is 1. The zero-order valence-corrected chi connectivity index (χ0v) is 5.22. The van der Waals surface area contributed by atoms with Crippen LogP contribution in [0.25, 0.3) is 0 Å². The molecule has 0 saturated heterocycles. The predicted octanol–water partition coefficient (Wildman–Crippen LogP) is 1.35. The number of hydrogen-bond donors (Lipinski definition) is 0. The molecule has 2 nitrogen and oxygen atoms in total. The Labute approximate surface area is 60.2 Å². The largest absolute Gasteiger partial charge is 0.418 e. The number of hydrogen-bond acceptors (Lipinski definition) is 1. The average molecular weight is 162 g/mol. The topological polar surface area (TPSA) is 22.0 Å². The van der Waals surface area contributed by atoms with Crippen LogP contribution in [0.2, 0.25) is 0 Å². The lowest BCUT2D eigenvalue weighted by molar-refractivity contribution is -0.137. The van der Waals surface area contributed by atoms with Crippen LogP contribution in [-0.2, 0) is 11.0 Å². The van der Waals surface area contributed by atoms with Gasteiger partial charge in [0.05, 0.1) is 5.56 Å². The maximum Gasteiger partial charge on any atom is 0.418 e. The summed E-state index contributed by atoms with van der Waals surface area (Å²) in [6.07, 6.45) is -2.55. The summed E-state index contributed by atoms with van der Waals surface area (Å²) in [5, 5.41) is 0. The minimum atomic E-state index is -4.42. The molecule has 0 fully saturated rings. The summed E-state index contributed by atoms with van der Waals surface area (Å²) in [6, 6.07) is 1.90. The molecule has 0 unspecified atom stereocenters. The Kier molecular flexibility index (Phi) is 1.72. The summed E-state index contributed by atoms with van der Waals surface area (Å²) in [6.45, 7) is 0. The Morgan fingerprint density at radius 2 is 2.18 bits per heavy atom. The summed E-state index contributed by atoms with van der Waals surface area (Å²) >= 11 is 0. The van der Waals surface area contributed by atoms with E-state index in [1.807, 2.05) is 6.07 Å². The van der Waals surface area contributed by atoms with E-state index in [9.17, 15) is 18.0 Å². The summed E-state index contributed by atoms with van der Waals surface area (Å²) in [4.78, 5) is 9.92. The SMILES string of the molecule is O=Cn1c[c]c(C(F)(F)F)c1. The zero-order valence-electron chi connectivity index (χ0n) is 5.22. The Morgan fingerprint density at radius 3 is 2.45 bits per heavy atom. The summed E-state index contributed by atoms with van der Waals surface area (Å²) in [7, 11) is 0. The number of rotatable bonds is 1. The van der Waals surface area contributed by atoms with Crippen LogP contribution in [0, 0.1) is 6.07 Å². The molecule has 11 heavy (non-hydrogen) atoms. The van der Waals surface area contributed by atoms with Gasteiger partial charge >= 0.3 is 6.18 Å². The van der Waals surface area contributed by atoms with E-state index in [2.05, 4.69) is 0 Å². The first-order valence-corrected chi connectivity index (χ1v) is 2.65. The van der Waals surface area contributed by atoms with Crippen molar-refractivity contribution in [2.75, 3.05) is 0 Å². The molecule has 1 aromatic heterocycles. The van der Waals surface area contributed by atoms with Gasteiger partial charge in [0.25, 0.3) is 0 Å². The lowest BCUT2D eigenvalue weighted by Gasteiger charge is -2.00. The lowest BCUT2D eigenvalue weighted by atomic mass is 10.3. The molecule has 0 atom stereocenters. The molecule has 0 aliphatic carbocycles. The van der Waals surface area contributed by atoms with Gasteiger partial charge in [-0.15, -0.1) is 0 Å². The van der Waals surface area contributed by atoms with E-state index in [-0.39, 0.29) is 6.41 Å². The van der Waals surface area contributed by atoms with Crippen molar-refractivity contribution in [3.63, 3.8) is 0 Å². The average Bonchev–Trinajstić information content (AvgIpc) is 2.32. The number of carbonyl (C=O) groups is 1. The molecule has 0 N–H and O–H groups in total. The van der Waals surface area contributed by atoms with Crippen LogP contribution in [0.5, 0.6) is 0 Å². The monoisotopic (exact) mass is 162 g/mol. The maximum atomic E-state index is 11.8. The van der Waals surface area contributed by atoms with Gasteiger partial charge in [-0.05, 0) is 0 Å². The molecule has 1 aromatic rings. The third kappa shape index (κ3) is 1.60. The fourth-order valence-corrected chi connectivity index (χ4v) is 0.584. The third-order valence-electron chi connectivity index (χ3n) is 1.07. The van der Waals surface area contributed by atoms with E-state index >= 15 is 0 Å². The maximum absolute atomic E-state index is 11.8. The normalized spacial score (nSPS) is 11.5. The minimum Gasteiger partial charge on any atom is -0.296 e. The first kappa shape index (κ1) is 7.84. The Bertz CT molecular complexity index is 263. The van der Waals surface area contributed by atoms with Crippen LogP contribution in [0.15, 0.2) is 12.4 Å². The molecule has 0 aliphatic heterocycles. The fraction of sp³-hybridized carbons (Fsp3) is 0.167. The molecule has 5 heteroatoms. The van der Waals surface area contributed by atoms with Crippen LogP contribution in [0.3, 0.4) is 0 Å². The van der Waals surface area contributed by atoms with Crippen molar-refractivity contribution in [2.45, 2.75) is 6.18 Å². The smallest absolute Gasteiger partial charge is 0.296 e. The third-order valence-corrected chi connectivity index (χ3v) is 1.07. The Hall–Kier alpha value is -1.26. The van der Waals surface area contributed by atoms with Crippen molar-refractivity contribution < 1.29 is 18.0 Å². The van der Waals surface area contributed by atoms with E-state index in [1.54, 1.807) is 0 Å². The standard InChI is InChI=1S/C6H3F3NO/c7-6(8,9)5-1-2-10(3-5)4-11/h2-4H. The summed E-state index contributed by atoms with van der Waals surface area (Å²) < 4.78 is 36.1. The van der Waals surface area contributed by atoms with Crippen molar-refractivity contribution in [1.29, 1.82) is 0 Å². The first-order valence-electron chi connectivity index (χ1n) is 2.65. The van der Waals surface area contributed by atoms with Gasteiger partial charge < -0.3 is 0 Å². The van der Waals surface area contributed by atoms with Gasteiger partial charge in [0, 0.05) is 18.5 Å². The van der Waals surface area contributed by atoms with Crippen molar-refractivity contribution in [1.82, 2.24) is 4.57 Å². The first-order chi connectivity index (χ1) is 5.04. The molecule has 1 radical (unpaired) electrons. The highest BCUT2D eigenvalue weighted by atomic mass is 19.4. The van der Waals surface area contributed by atoms with Gasteiger partial charge in [-0.3, -0.25) is 9.36 Å². The van der Waals surface area contributed by atoms with E-state index in [4.69, 9.17) is 0 Å². The second-order valence-corrected chi connectivity index (χ2v) is 1.87. The Morgan fingerprint density at radius 1 is 1.55 bits per heavy atom. The molecule has 59 valence electrons. The molecular formula is C6H3F3NO. The second-order valence-electron chi connectivity index (χ2n) is 1.87. The molecular weight excluding hydrogens is 159 g/mol. The van der Waals surface area contributed by atoms with Crippen molar-refractivity contribution in [3.8, 4) is 0 Å². The number of carbonyl (C=O) groups excluding carboxylic acids is 1. The van der Waals surface area contributed by atoms with Crippen LogP contribution >= 0.6 is 0 Å². The van der Waals surface area contributed by atoms with Gasteiger partial charge in [-0.1, -0.05) is 0 Å². The number of alkyl halides is 3. The quantitative estimate of drug-likeness (QED) is 0.571. The van der Waals surface area contributed by atoms with Crippen molar-refractivity contribution in [2.24, 2.45) is 0 Å². The van der Waals surface area contributed by atoms with Gasteiger partial charge in [-0.25, -0.2) is 0 Å². The Balaban J connectivity index is 2.98. The number of halogens is 3. The molecule has 1 rings (SSSR count). The van der Waals surface area contributed by atoms with E-state index < -0.39 is 11.7 Å². The molecule has 0 aliphatic rings. The summed E-state index contributed by atoms with van der Waals surface area (Å²) in [5.41, 5.74) is -0.940. The lowest BCUT2D eigenvalue weighted by Crippen LogP contribution is -2.03. The second kappa shape index (κ2) is 2.41. The van der Waals surface area contributed by atoms with Gasteiger partial charge in [0.2, 0.25) is 6.41 Å². The molecule has 0 saturated carbocycles. The zero-order chi connectivity index (χ0) is 8.48. The molecule has 0 bridgehead atoms. The van der Waals surface area contributed by atoms with E-state index in [1.165, 1.54) is 0 Å². The highest BCUT2D eigenvalue weighted by Crippen LogP contribution is 2.28. The van der Waals surface area contributed by atoms with Crippen molar-refractivity contribution in [3.05, 3.63) is 24.0 Å². The van der Waals surface area contributed by atoms with E-state index in [0.717, 1.165) is 10.8 Å². The summed E-state index contributed by atoms with van der Waals surface area (Å²) in [5.74, 6) is 0. The van der Waals surface area contributed by atoms with E-state index in [0.29, 0.717) is 6.20 Å². The minimum absolute atomic E-state index is 0.270. The van der Waals surface area contributed by atoms with Crippen LogP contribution < -0.4 is 0 Å². The van der Waals surface area contributed by atoms with Crippen LogP contribution in [0.4, 0.5) is 13.2 Å². The van der Waals surface area contributed by atoms with Crippen LogP contribution in [0.1, 0.15) is 5.56 Å². The molecule has 1 heterocycles. The van der Waals surface area contributed by atoms with Crippen LogP contribution in [-0.4, -0.2) is 11.0 Å². The molecule has 0 amide bonds. The highest BCUT2D eigenvalue weighted by Gasteiger charge is 2.31. The van der Waals surface area contributed by atoms with Gasteiger partial charge in [-0.2, -0.15) is 13.2 Å². The fourth-order valence-electron chi connectivity index (χ4n) is 0.584. The molecule has 0 aromatic carbocycles. The van der Waals surface area contributed by atoms with Gasteiger partial charge in [0.15, 0.2) is 0 Å². The van der Waals surface area contributed by atoms with Gasteiger partial charge in [0.1, 0.15) is 0 Å².